The number of alkyl halides is 3. The van der Waals surface area contributed by atoms with Crippen LogP contribution in [0.3, 0.4) is 0 Å². The molecule has 1 amide bonds. The van der Waals surface area contributed by atoms with E-state index in [0.717, 1.165) is 6.07 Å². The van der Waals surface area contributed by atoms with Crippen LogP contribution < -0.4 is 4.90 Å². The first-order valence-electron chi connectivity index (χ1n) is 7.80. The van der Waals surface area contributed by atoms with Crippen molar-refractivity contribution in [2.24, 2.45) is 0 Å². The maximum atomic E-state index is 13.3. The highest BCUT2D eigenvalue weighted by atomic mass is 19.4. The van der Waals surface area contributed by atoms with Crippen molar-refractivity contribution in [1.82, 2.24) is 0 Å². The standard InChI is InChI=1S/C18H12F3NO3/c19-18(20,21)12-5-7-14-16-10(12)2-1-3-11(16)17(25)22(14)13-6-4-9(23)8-15(13)24/h1-3,5,7,13H,4,6,8H2. The number of anilines is 1. The quantitative estimate of drug-likeness (QED) is 0.742. The summed E-state index contributed by atoms with van der Waals surface area (Å²) in [7, 11) is 0. The van der Waals surface area contributed by atoms with Crippen LogP contribution in [0.5, 0.6) is 0 Å². The molecule has 2 aliphatic rings. The normalized spacial score (nSPS) is 20.7. The lowest BCUT2D eigenvalue weighted by molar-refractivity contribution is -0.136. The number of hydrogen-bond acceptors (Lipinski definition) is 3. The highest BCUT2D eigenvalue weighted by Gasteiger charge is 2.42. The van der Waals surface area contributed by atoms with Crippen LogP contribution >= 0.6 is 0 Å². The van der Waals surface area contributed by atoms with E-state index >= 15 is 0 Å². The first kappa shape index (κ1) is 15.8. The van der Waals surface area contributed by atoms with Crippen molar-refractivity contribution in [2.75, 3.05) is 4.90 Å². The van der Waals surface area contributed by atoms with Gasteiger partial charge in [-0.25, -0.2) is 0 Å². The molecule has 4 rings (SSSR count). The Morgan fingerprint density at radius 3 is 2.48 bits per heavy atom. The van der Waals surface area contributed by atoms with Gasteiger partial charge in [0.15, 0.2) is 5.78 Å². The van der Waals surface area contributed by atoms with Gasteiger partial charge in [-0.2, -0.15) is 13.2 Å². The molecule has 25 heavy (non-hydrogen) atoms. The van der Waals surface area contributed by atoms with E-state index in [1.165, 1.54) is 29.2 Å². The van der Waals surface area contributed by atoms with Gasteiger partial charge in [0.2, 0.25) is 0 Å². The van der Waals surface area contributed by atoms with Crippen LogP contribution in [0.25, 0.3) is 10.8 Å². The fourth-order valence-corrected chi connectivity index (χ4v) is 3.70. The fraction of sp³-hybridized carbons (Fsp3) is 0.278. The number of benzene rings is 2. The zero-order valence-electron chi connectivity index (χ0n) is 12.9. The van der Waals surface area contributed by atoms with Crippen molar-refractivity contribution in [2.45, 2.75) is 31.5 Å². The molecule has 1 heterocycles. The zero-order chi connectivity index (χ0) is 17.9. The monoisotopic (exact) mass is 347 g/mol. The Bertz CT molecular complexity index is 948. The Hall–Kier alpha value is -2.70. The van der Waals surface area contributed by atoms with Gasteiger partial charge in [-0.15, -0.1) is 0 Å². The van der Waals surface area contributed by atoms with Gasteiger partial charge < -0.3 is 0 Å². The van der Waals surface area contributed by atoms with Crippen molar-refractivity contribution in [1.29, 1.82) is 0 Å². The van der Waals surface area contributed by atoms with Crippen molar-refractivity contribution >= 4 is 33.9 Å². The Kier molecular flexibility index (Phi) is 3.25. The number of halogens is 3. The SMILES string of the molecule is O=C1CCC(N2C(=O)c3cccc4c(C(F)(F)F)ccc2c34)C(=O)C1. The molecule has 2 aromatic carbocycles. The van der Waals surface area contributed by atoms with Crippen LogP contribution in [0.1, 0.15) is 35.2 Å². The molecule has 1 fully saturated rings. The van der Waals surface area contributed by atoms with Crippen LogP contribution in [0.2, 0.25) is 0 Å². The summed E-state index contributed by atoms with van der Waals surface area (Å²) in [6.45, 7) is 0. The molecule has 0 radical (unpaired) electrons. The predicted octanol–water partition coefficient (Wildman–Crippen LogP) is 3.51. The molecule has 1 unspecified atom stereocenters. The second-order valence-electron chi connectivity index (χ2n) is 6.27. The molecule has 0 saturated heterocycles. The molecule has 1 saturated carbocycles. The molecule has 4 nitrogen and oxygen atoms in total. The lowest BCUT2D eigenvalue weighted by Crippen LogP contribution is -2.46. The van der Waals surface area contributed by atoms with E-state index in [-0.39, 0.29) is 47.2 Å². The Balaban J connectivity index is 1.90. The molecule has 0 spiro atoms. The lowest BCUT2D eigenvalue weighted by atomic mass is 9.91. The molecule has 7 heteroatoms. The predicted molar refractivity (Wildman–Crippen MR) is 83.4 cm³/mol. The average molecular weight is 347 g/mol. The van der Waals surface area contributed by atoms with E-state index in [1.54, 1.807) is 0 Å². The van der Waals surface area contributed by atoms with Gasteiger partial charge in [0.05, 0.1) is 23.7 Å². The molecular weight excluding hydrogens is 335 g/mol. The third-order valence-electron chi connectivity index (χ3n) is 4.78. The molecule has 2 aromatic rings. The van der Waals surface area contributed by atoms with Gasteiger partial charge in [-0.1, -0.05) is 12.1 Å². The number of ketones is 2. The summed E-state index contributed by atoms with van der Waals surface area (Å²) < 4.78 is 39.8. The summed E-state index contributed by atoms with van der Waals surface area (Å²) in [5, 5.41) is 0.157. The van der Waals surface area contributed by atoms with Gasteiger partial charge in [-0.3, -0.25) is 19.3 Å². The number of carbonyl (C=O) groups excluding carboxylic acids is 3. The maximum Gasteiger partial charge on any atom is 0.417 e. The number of amides is 1. The van der Waals surface area contributed by atoms with E-state index in [9.17, 15) is 27.6 Å². The second-order valence-corrected chi connectivity index (χ2v) is 6.27. The topological polar surface area (TPSA) is 54.5 Å². The largest absolute Gasteiger partial charge is 0.417 e. The third kappa shape index (κ3) is 2.26. The Morgan fingerprint density at radius 2 is 1.80 bits per heavy atom. The van der Waals surface area contributed by atoms with E-state index in [2.05, 4.69) is 0 Å². The Labute approximate surface area is 140 Å². The number of hydrogen-bond donors (Lipinski definition) is 0. The minimum Gasteiger partial charge on any atom is -0.299 e. The van der Waals surface area contributed by atoms with E-state index < -0.39 is 23.7 Å². The molecular formula is C18H12F3NO3. The van der Waals surface area contributed by atoms with E-state index in [0.29, 0.717) is 5.69 Å². The van der Waals surface area contributed by atoms with Crippen molar-refractivity contribution < 1.29 is 27.6 Å². The number of nitrogens with zero attached hydrogens (tertiary/aromatic N) is 1. The highest BCUT2D eigenvalue weighted by molar-refractivity contribution is 6.27. The fourth-order valence-electron chi connectivity index (χ4n) is 3.70. The summed E-state index contributed by atoms with van der Waals surface area (Å²) in [6, 6.07) is 5.57. The molecule has 0 N–H and O–H groups in total. The van der Waals surface area contributed by atoms with Gasteiger partial charge >= 0.3 is 6.18 Å². The highest BCUT2D eigenvalue weighted by Crippen LogP contribution is 2.44. The zero-order valence-corrected chi connectivity index (χ0v) is 12.9. The minimum atomic E-state index is -4.54. The third-order valence-corrected chi connectivity index (χ3v) is 4.78. The summed E-state index contributed by atoms with van der Waals surface area (Å²) in [6.07, 6.45) is -4.41. The molecule has 0 bridgehead atoms. The van der Waals surface area contributed by atoms with Crippen molar-refractivity contribution in [3.05, 3.63) is 41.5 Å². The van der Waals surface area contributed by atoms with E-state index in [4.69, 9.17) is 0 Å². The first-order chi connectivity index (χ1) is 11.8. The van der Waals surface area contributed by atoms with Crippen LogP contribution in [0, 0.1) is 0 Å². The van der Waals surface area contributed by atoms with Gasteiger partial charge in [-0.05, 0) is 30.0 Å². The maximum absolute atomic E-state index is 13.3. The van der Waals surface area contributed by atoms with Crippen LogP contribution in [-0.4, -0.2) is 23.5 Å². The van der Waals surface area contributed by atoms with Crippen LogP contribution in [0.4, 0.5) is 18.9 Å². The van der Waals surface area contributed by atoms with Gasteiger partial charge in [0.1, 0.15) is 5.78 Å². The average Bonchev–Trinajstić information content (AvgIpc) is 2.82. The molecule has 1 atom stereocenters. The molecule has 1 aliphatic heterocycles. The van der Waals surface area contributed by atoms with Gasteiger partial charge in [0.25, 0.3) is 5.91 Å². The summed E-state index contributed by atoms with van der Waals surface area (Å²) in [5.41, 5.74) is -0.354. The van der Waals surface area contributed by atoms with Crippen LogP contribution in [-0.2, 0) is 15.8 Å². The van der Waals surface area contributed by atoms with Crippen LogP contribution in [0.15, 0.2) is 30.3 Å². The smallest absolute Gasteiger partial charge is 0.299 e. The summed E-state index contributed by atoms with van der Waals surface area (Å²) in [5.74, 6) is -1.04. The molecule has 0 aromatic heterocycles. The first-order valence-corrected chi connectivity index (χ1v) is 7.80. The molecule has 128 valence electrons. The van der Waals surface area contributed by atoms with Crippen molar-refractivity contribution in [3.8, 4) is 0 Å². The van der Waals surface area contributed by atoms with Crippen molar-refractivity contribution in [3.63, 3.8) is 0 Å². The van der Waals surface area contributed by atoms with E-state index in [1.807, 2.05) is 0 Å². The molecule has 1 aliphatic carbocycles. The van der Waals surface area contributed by atoms with Gasteiger partial charge in [0, 0.05) is 17.4 Å². The lowest BCUT2D eigenvalue weighted by Gasteiger charge is -2.30. The minimum absolute atomic E-state index is 0.0577. The summed E-state index contributed by atoms with van der Waals surface area (Å²) in [4.78, 5) is 37.7. The summed E-state index contributed by atoms with van der Waals surface area (Å²) >= 11 is 0. The number of carbonyl (C=O) groups is 3. The number of rotatable bonds is 1. The second kappa shape index (κ2) is 5.15. The number of Topliss-reactive ketones (excluding diaryl/α,β-unsaturated/α-hetero) is 2. The Morgan fingerprint density at radius 1 is 1.04 bits per heavy atom.